The number of H-pyrrole nitrogens is 1. The summed E-state index contributed by atoms with van der Waals surface area (Å²) in [6.45, 7) is 21.3. The van der Waals surface area contributed by atoms with Gasteiger partial charge in [0.15, 0.2) is 12.4 Å². The van der Waals surface area contributed by atoms with Gasteiger partial charge in [0.1, 0.15) is 17.0 Å². The molecule has 2 fully saturated rings. The van der Waals surface area contributed by atoms with Crippen LogP contribution in [0.3, 0.4) is 0 Å². The van der Waals surface area contributed by atoms with E-state index in [1.165, 1.54) is 5.56 Å². The molecule has 3 heterocycles. The largest absolute Gasteiger partial charge is 0.459 e. The van der Waals surface area contributed by atoms with Crippen LogP contribution in [0.15, 0.2) is 112 Å². The lowest BCUT2D eigenvalue weighted by Crippen LogP contribution is -2.42. The van der Waals surface area contributed by atoms with Crippen LogP contribution in [0.1, 0.15) is 124 Å². The van der Waals surface area contributed by atoms with E-state index in [1.54, 1.807) is 12.1 Å². The van der Waals surface area contributed by atoms with E-state index in [9.17, 15) is 19.2 Å². The Morgan fingerprint density at radius 3 is 1.44 bits per heavy atom. The van der Waals surface area contributed by atoms with Gasteiger partial charge in [-0.15, -0.1) is 11.8 Å². The van der Waals surface area contributed by atoms with Gasteiger partial charge in [-0.2, -0.15) is 0 Å². The number of aromatic amines is 1. The molecule has 5 aromatic rings. The highest BCUT2D eigenvalue weighted by Gasteiger charge is 2.39. The quantitative estimate of drug-likeness (QED) is 0.0703. The van der Waals surface area contributed by atoms with Crippen LogP contribution in [0.2, 0.25) is 0 Å². The number of nitrogens with one attached hydrogen (secondary N) is 1. The summed E-state index contributed by atoms with van der Waals surface area (Å²) < 4.78 is 17.5. The number of hydrogen-bond donors (Lipinski definition) is 1. The third-order valence-corrected chi connectivity index (χ3v) is 12.1. The number of amides is 2. The Morgan fingerprint density at radius 2 is 1.01 bits per heavy atom. The van der Waals surface area contributed by atoms with Crippen LogP contribution in [0.25, 0.3) is 33.5 Å². The summed E-state index contributed by atoms with van der Waals surface area (Å²) >= 11 is 6.86. The van der Waals surface area contributed by atoms with Gasteiger partial charge in [0, 0.05) is 32.6 Å². The zero-order valence-corrected chi connectivity index (χ0v) is 44.4. The van der Waals surface area contributed by atoms with E-state index in [4.69, 9.17) is 9.47 Å². The van der Waals surface area contributed by atoms with Crippen LogP contribution < -0.4 is 0 Å². The number of ketones is 1. The molecule has 4 unspecified atom stereocenters. The molecular formula is C55H66Br2N4O7. The van der Waals surface area contributed by atoms with Crippen molar-refractivity contribution >= 4 is 56.3 Å². The van der Waals surface area contributed by atoms with E-state index >= 15 is 0 Å². The summed E-state index contributed by atoms with van der Waals surface area (Å²) in [6.07, 6.45) is 5.37. The maximum Gasteiger partial charge on any atom is 0.411 e. The van der Waals surface area contributed by atoms with Crippen molar-refractivity contribution in [3.63, 3.8) is 0 Å². The molecule has 1 aromatic heterocycles. The Labute approximate surface area is 420 Å². The van der Waals surface area contributed by atoms with Gasteiger partial charge in [0.25, 0.3) is 6.47 Å². The molecule has 0 radical (unpaired) electrons. The molecule has 0 aliphatic carbocycles. The van der Waals surface area contributed by atoms with Crippen LogP contribution in [-0.2, 0) is 19.0 Å². The van der Waals surface area contributed by atoms with Crippen molar-refractivity contribution in [2.75, 3.05) is 6.61 Å². The van der Waals surface area contributed by atoms with Gasteiger partial charge in [-0.05, 0) is 154 Å². The predicted molar refractivity (Wildman–Crippen MR) is 278 cm³/mol. The normalized spacial score (nSPS) is 17.4. The van der Waals surface area contributed by atoms with E-state index in [-0.39, 0.29) is 48.7 Å². The number of Topliss-reactive ketones (excluding diaryl/α,β-unsaturated/α-hetero) is 1. The van der Waals surface area contributed by atoms with Crippen molar-refractivity contribution in [3.8, 4) is 45.4 Å². The lowest BCUT2D eigenvalue weighted by Gasteiger charge is -2.30. The van der Waals surface area contributed by atoms with Gasteiger partial charge < -0.3 is 24.1 Å². The number of benzene rings is 4. The Balaban J connectivity index is 0.000000232. The molecule has 7 rings (SSSR count). The fourth-order valence-corrected chi connectivity index (χ4v) is 8.09. The number of rotatable bonds is 8. The van der Waals surface area contributed by atoms with E-state index in [2.05, 4.69) is 116 Å². The molecular weight excluding hydrogens is 988 g/mol. The number of nitrogens with zero attached hydrogens (tertiary/aromatic N) is 3. The maximum atomic E-state index is 12.8. The number of ether oxygens (including phenoxy) is 3. The zero-order valence-electron chi connectivity index (χ0n) is 41.2. The van der Waals surface area contributed by atoms with Crippen LogP contribution >= 0.6 is 31.9 Å². The first-order chi connectivity index (χ1) is 32.1. The smallest absolute Gasteiger partial charge is 0.411 e. The standard InChI is InChI=1S/C25H28BrN3O2.C15H11BrO3.C11H21NO2.C4H6/c1-16-5-14-22(29(16)24(30)31-25(2,3)4)23-27-15-21(28-23)19-8-6-17(7-9-19)18-10-12-20(26)13-11-18;16-14-7-5-12(6-8-14)11-1-3-13(4-2-11)15(18)9-19-10-17;1-8-6-7-9(2)12(8)10(13)14-11(3,4)5;1-3-4-2/h6-13,15-16,22H,5,14H2,1-4H3,(H,27,28);1-8,10H,9H2;8-9H,6-7H2,1-5H3;1-2H3. The van der Waals surface area contributed by atoms with Gasteiger partial charge >= 0.3 is 12.2 Å². The molecule has 1 N–H and O–H groups in total. The number of halogens is 2. The number of carbonyl (C=O) groups is 4. The van der Waals surface area contributed by atoms with Crippen molar-refractivity contribution in [3.05, 3.63) is 124 Å². The third-order valence-electron chi connectivity index (χ3n) is 11.0. The molecule has 4 atom stereocenters. The highest BCUT2D eigenvalue weighted by atomic mass is 79.9. The van der Waals surface area contributed by atoms with E-state index in [1.807, 2.05) is 120 Å². The molecule has 4 aromatic carbocycles. The Bertz CT molecular complexity index is 2450. The number of carbonyl (C=O) groups excluding carboxylic acids is 4. The van der Waals surface area contributed by atoms with E-state index in [0.717, 1.165) is 68.4 Å². The number of imidazole rings is 1. The highest BCUT2D eigenvalue weighted by molar-refractivity contribution is 9.10. The fourth-order valence-electron chi connectivity index (χ4n) is 7.57. The number of hydrogen-bond acceptors (Lipinski definition) is 8. The van der Waals surface area contributed by atoms with Crippen molar-refractivity contribution in [2.45, 2.75) is 137 Å². The first-order valence-electron chi connectivity index (χ1n) is 22.9. The van der Waals surface area contributed by atoms with Crippen molar-refractivity contribution in [1.82, 2.24) is 19.8 Å². The molecule has 2 aliphatic heterocycles. The lowest BCUT2D eigenvalue weighted by atomic mass is 10.0. The van der Waals surface area contributed by atoms with E-state index in [0.29, 0.717) is 17.6 Å². The van der Waals surface area contributed by atoms with Gasteiger partial charge in [-0.25, -0.2) is 14.6 Å². The second-order valence-electron chi connectivity index (χ2n) is 18.7. The number of aromatic nitrogens is 2. The summed E-state index contributed by atoms with van der Waals surface area (Å²) in [5.74, 6) is 5.96. The molecule has 0 spiro atoms. The summed E-state index contributed by atoms with van der Waals surface area (Å²) in [7, 11) is 0. The summed E-state index contributed by atoms with van der Waals surface area (Å²) in [6, 6.07) is 32.5. The Morgan fingerprint density at radius 1 is 0.632 bits per heavy atom. The van der Waals surface area contributed by atoms with Gasteiger partial charge in [0.2, 0.25) is 0 Å². The fraction of sp³-hybridized carbons (Fsp3) is 0.400. The minimum absolute atomic E-state index is 0.0966. The molecule has 68 heavy (non-hydrogen) atoms. The average molecular weight is 1050 g/mol. The molecule has 11 nitrogen and oxygen atoms in total. The SMILES string of the molecule is CC#CC.CC1CCC(C)N1C(=O)OC(C)(C)C.CC1CCC(c2ncc(-c3ccc(-c4ccc(Br)cc4)cc3)[nH]2)N1C(=O)OC(C)(C)C.O=COCC(=O)c1ccc(-c2ccc(Br)cc2)cc1. The van der Waals surface area contributed by atoms with Gasteiger partial charge in [-0.1, -0.05) is 105 Å². The Kier molecular flexibility index (Phi) is 20.7. The first kappa shape index (κ1) is 54.9. The minimum Gasteiger partial charge on any atom is -0.459 e. The van der Waals surface area contributed by atoms with Gasteiger partial charge in [0.05, 0.1) is 17.9 Å². The molecule has 2 aliphatic rings. The molecule has 2 amide bonds. The Hall–Kier alpha value is -5.71. The van der Waals surface area contributed by atoms with Crippen molar-refractivity contribution in [2.24, 2.45) is 0 Å². The second-order valence-corrected chi connectivity index (χ2v) is 20.5. The summed E-state index contributed by atoms with van der Waals surface area (Å²) in [5, 5.41) is 0. The highest BCUT2D eigenvalue weighted by Crippen LogP contribution is 2.37. The summed E-state index contributed by atoms with van der Waals surface area (Å²) in [4.78, 5) is 57.9. The van der Waals surface area contributed by atoms with Crippen molar-refractivity contribution in [1.29, 1.82) is 0 Å². The molecule has 2 saturated heterocycles. The lowest BCUT2D eigenvalue weighted by molar-refractivity contribution is -0.127. The molecule has 0 saturated carbocycles. The second kappa shape index (κ2) is 25.6. The number of likely N-dealkylation sites (tertiary alicyclic amines) is 2. The average Bonchev–Trinajstić information content (AvgIpc) is 4.03. The molecule has 0 bridgehead atoms. The van der Waals surface area contributed by atoms with Crippen molar-refractivity contribution < 1.29 is 33.4 Å². The van der Waals surface area contributed by atoms with Crippen LogP contribution in [-0.4, -0.2) is 80.1 Å². The third kappa shape index (κ3) is 16.8. The summed E-state index contributed by atoms with van der Waals surface area (Å²) in [5.41, 5.74) is 6.07. The molecule has 13 heteroatoms. The van der Waals surface area contributed by atoms with Crippen LogP contribution in [0, 0.1) is 11.8 Å². The van der Waals surface area contributed by atoms with Gasteiger partial charge in [-0.3, -0.25) is 14.5 Å². The van der Waals surface area contributed by atoms with Crippen LogP contribution in [0.4, 0.5) is 9.59 Å². The topological polar surface area (TPSA) is 131 Å². The monoisotopic (exact) mass is 1050 g/mol. The maximum absolute atomic E-state index is 12.8. The molecule has 362 valence electrons. The predicted octanol–water partition coefficient (Wildman–Crippen LogP) is 14.3. The van der Waals surface area contributed by atoms with Crippen LogP contribution in [0.5, 0.6) is 0 Å². The zero-order chi connectivity index (χ0) is 50.2. The first-order valence-corrected chi connectivity index (χ1v) is 24.4. The minimum atomic E-state index is -0.519. The van der Waals surface area contributed by atoms with E-state index < -0.39 is 5.60 Å².